The molecule has 2 N–H and O–H groups in total. The quantitative estimate of drug-likeness (QED) is 0.221. The predicted molar refractivity (Wildman–Crippen MR) is 199 cm³/mol. The van der Waals surface area contributed by atoms with Gasteiger partial charge in [0.1, 0.15) is 6.04 Å². The molecule has 6 rings (SSSR count). The Hall–Kier alpha value is -3.85. The van der Waals surface area contributed by atoms with Gasteiger partial charge in [0.05, 0.1) is 10.8 Å². The van der Waals surface area contributed by atoms with Crippen molar-refractivity contribution < 1.29 is 19.5 Å². The van der Waals surface area contributed by atoms with Gasteiger partial charge in [-0.15, -0.1) is 11.3 Å². The van der Waals surface area contributed by atoms with Crippen molar-refractivity contribution in [2.24, 2.45) is 23.7 Å². The molecule has 9 heteroatoms. The van der Waals surface area contributed by atoms with Crippen LogP contribution in [0.15, 0.2) is 54.9 Å². The van der Waals surface area contributed by atoms with Gasteiger partial charge in [-0.25, -0.2) is 9.97 Å². The molecular formula is C41H52N4O4S. The van der Waals surface area contributed by atoms with Gasteiger partial charge in [0.2, 0.25) is 5.91 Å². The Labute approximate surface area is 300 Å². The van der Waals surface area contributed by atoms with Crippen molar-refractivity contribution in [1.29, 1.82) is 0 Å². The monoisotopic (exact) mass is 696 g/mol. The van der Waals surface area contributed by atoms with Crippen molar-refractivity contribution in [3.05, 3.63) is 75.7 Å². The average Bonchev–Trinajstić information content (AvgIpc) is 3.84. The lowest BCUT2D eigenvalue weighted by Gasteiger charge is -2.35. The van der Waals surface area contributed by atoms with E-state index in [0.717, 1.165) is 52.2 Å². The second-order valence-corrected chi connectivity index (χ2v) is 16.8. The Morgan fingerprint density at radius 2 is 1.66 bits per heavy atom. The van der Waals surface area contributed by atoms with Crippen LogP contribution < -0.4 is 5.32 Å². The minimum Gasteiger partial charge on any atom is -0.481 e. The van der Waals surface area contributed by atoms with E-state index in [1.165, 1.54) is 55.4 Å². The minimum absolute atomic E-state index is 0.0880. The summed E-state index contributed by atoms with van der Waals surface area (Å²) in [6, 6.07) is 10.7. The van der Waals surface area contributed by atoms with Crippen LogP contribution in [0.25, 0.3) is 17.0 Å². The zero-order valence-corrected chi connectivity index (χ0v) is 30.8. The van der Waals surface area contributed by atoms with Crippen molar-refractivity contribution in [2.45, 2.75) is 103 Å². The van der Waals surface area contributed by atoms with Crippen LogP contribution in [0.2, 0.25) is 0 Å². The average molecular weight is 697 g/mol. The number of hydrogen-bond donors (Lipinski definition) is 2. The van der Waals surface area contributed by atoms with Crippen molar-refractivity contribution in [2.75, 3.05) is 13.1 Å². The summed E-state index contributed by atoms with van der Waals surface area (Å²) in [5.74, 6) is 1.23. The molecule has 1 aliphatic heterocycles. The number of carbonyl (C=O) groups is 3. The number of allylic oxidation sites excluding steroid dienone is 2. The number of hydrogen-bond acceptors (Lipinski definition) is 6. The first-order valence-electron chi connectivity index (χ1n) is 18.5. The first kappa shape index (κ1) is 36.0. The number of carboxylic acids is 1. The summed E-state index contributed by atoms with van der Waals surface area (Å²) >= 11 is 1.43. The zero-order chi connectivity index (χ0) is 35.4. The summed E-state index contributed by atoms with van der Waals surface area (Å²) in [5, 5.41) is 12.5. The van der Waals surface area contributed by atoms with Gasteiger partial charge in [-0.3, -0.25) is 14.4 Å². The first-order chi connectivity index (χ1) is 24.0. The van der Waals surface area contributed by atoms with E-state index in [9.17, 15) is 19.5 Å². The number of amides is 2. The lowest BCUT2D eigenvalue weighted by molar-refractivity contribution is -0.141. The van der Waals surface area contributed by atoms with E-state index < -0.39 is 17.9 Å². The maximum Gasteiger partial charge on any atom is 0.308 e. The molecule has 50 heavy (non-hydrogen) atoms. The highest BCUT2D eigenvalue weighted by Crippen LogP contribution is 2.41. The molecule has 2 aromatic heterocycles. The van der Waals surface area contributed by atoms with Crippen LogP contribution in [0, 0.1) is 23.7 Å². The molecule has 2 fully saturated rings. The van der Waals surface area contributed by atoms with Gasteiger partial charge >= 0.3 is 5.97 Å². The molecular weight excluding hydrogens is 645 g/mol. The maximum atomic E-state index is 13.7. The smallest absolute Gasteiger partial charge is 0.308 e. The summed E-state index contributed by atoms with van der Waals surface area (Å²) in [6.45, 7) is 9.14. The molecule has 0 radical (unpaired) electrons. The molecule has 8 nitrogen and oxygen atoms in total. The van der Waals surface area contributed by atoms with Gasteiger partial charge in [0, 0.05) is 47.9 Å². The third-order valence-electron chi connectivity index (χ3n) is 11.3. The van der Waals surface area contributed by atoms with Crippen LogP contribution in [0.5, 0.6) is 0 Å². The van der Waals surface area contributed by atoms with Crippen molar-refractivity contribution in [3.8, 4) is 11.4 Å². The number of likely N-dealkylation sites (tertiary alicyclic amines) is 1. The first-order valence-corrected chi connectivity index (χ1v) is 19.3. The van der Waals surface area contributed by atoms with Gasteiger partial charge in [-0.1, -0.05) is 77.3 Å². The van der Waals surface area contributed by atoms with Crippen molar-refractivity contribution >= 4 is 34.7 Å². The molecule has 1 saturated heterocycles. The lowest BCUT2D eigenvalue weighted by atomic mass is 9.71. The Kier molecular flexibility index (Phi) is 11.2. The van der Waals surface area contributed by atoms with Crippen LogP contribution in [0.4, 0.5) is 0 Å². The predicted octanol–water partition coefficient (Wildman–Crippen LogP) is 8.18. The highest BCUT2D eigenvalue weighted by Gasteiger charge is 2.35. The molecule has 266 valence electrons. The zero-order valence-electron chi connectivity index (χ0n) is 30.0. The van der Waals surface area contributed by atoms with E-state index in [2.05, 4.69) is 39.1 Å². The molecule has 2 aliphatic carbocycles. The molecule has 3 aromatic rings. The molecule has 3 atom stereocenters. The van der Waals surface area contributed by atoms with Crippen molar-refractivity contribution in [1.82, 2.24) is 20.2 Å². The number of nitrogens with one attached hydrogen (secondary N) is 1. The molecule has 1 saturated carbocycles. The Morgan fingerprint density at radius 1 is 0.940 bits per heavy atom. The number of carboxylic acid groups (broad SMARTS) is 1. The molecule has 3 heterocycles. The fraction of sp³-hybridized carbons (Fsp3) is 0.537. The number of aliphatic carboxylic acids is 1. The van der Waals surface area contributed by atoms with Crippen molar-refractivity contribution in [3.63, 3.8) is 0 Å². The fourth-order valence-electron chi connectivity index (χ4n) is 7.96. The van der Waals surface area contributed by atoms with Crippen LogP contribution in [0.3, 0.4) is 0 Å². The topological polar surface area (TPSA) is 112 Å². The van der Waals surface area contributed by atoms with Crippen LogP contribution >= 0.6 is 11.3 Å². The number of rotatable bonds is 10. The maximum absolute atomic E-state index is 13.7. The third kappa shape index (κ3) is 8.53. The van der Waals surface area contributed by atoms with E-state index >= 15 is 0 Å². The lowest BCUT2D eigenvalue weighted by Crippen LogP contribution is -2.49. The number of thiophene rings is 1. The van der Waals surface area contributed by atoms with E-state index in [1.54, 1.807) is 11.0 Å². The molecule has 1 unspecified atom stereocenters. The number of carbonyl (C=O) groups excluding carboxylic acids is 2. The van der Waals surface area contributed by atoms with Gasteiger partial charge in [-0.2, -0.15) is 0 Å². The second kappa shape index (κ2) is 15.6. The van der Waals surface area contributed by atoms with Gasteiger partial charge in [0.25, 0.3) is 5.91 Å². The molecule has 0 bridgehead atoms. The highest BCUT2D eigenvalue weighted by molar-refractivity contribution is 7.14. The summed E-state index contributed by atoms with van der Waals surface area (Å²) in [4.78, 5) is 51.3. The number of aromatic nitrogens is 2. The highest BCUT2D eigenvalue weighted by atomic mass is 32.1. The Balaban J connectivity index is 1.10. The standard InChI is InChI=1S/C41H52N4O4S/c1-5-26-6-10-28(11-7-26)29-14-16-30(17-15-29)33-23-42-37(43-24-33)31-12-8-27(9-13-31)22-34(39(47)45-21-20-32(25-45)40(48)49)44-38(46)35-18-19-36(50-35)41(2,3)4/h8-9,12-13,16,18-19,23-24,26,28-29,32,34H,5-7,10-11,14-15,17,20-22,25H2,1-4H3,(H,44,46)(H,48,49)/t26?,28?,29?,32-,34-/m0/s1. The van der Waals surface area contributed by atoms with E-state index in [0.29, 0.717) is 23.7 Å². The Morgan fingerprint density at radius 3 is 2.24 bits per heavy atom. The van der Waals surface area contributed by atoms with E-state index in [1.807, 2.05) is 42.7 Å². The fourth-order valence-corrected chi connectivity index (χ4v) is 8.92. The number of nitrogens with zero attached hydrogens (tertiary/aromatic N) is 3. The second-order valence-electron chi connectivity index (χ2n) is 15.7. The Bertz CT molecular complexity index is 1680. The normalized spacial score (nSPS) is 23.3. The summed E-state index contributed by atoms with van der Waals surface area (Å²) in [6.07, 6.45) is 17.4. The van der Waals surface area contributed by atoms with Crippen LogP contribution in [-0.2, 0) is 21.4 Å². The molecule has 1 aromatic carbocycles. The molecule has 3 aliphatic rings. The summed E-state index contributed by atoms with van der Waals surface area (Å²) in [5.41, 5.74) is 4.13. The SMILES string of the molecule is CCC1CCC(C2CC=C(c3cnc(-c4ccc(C[C@H](NC(=O)c5ccc(C(C)(C)C)s5)C(=O)N5CC[C@H](C(=O)O)C5)cc4)nc3)CC2)CC1. The van der Waals surface area contributed by atoms with Gasteiger partial charge < -0.3 is 15.3 Å². The van der Waals surface area contributed by atoms with Crippen LogP contribution in [-0.4, -0.2) is 56.9 Å². The number of benzene rings is 1. The van der Waals surface area contributed by atoms with E-state index in [4.69, 9.17) is 9.97 Å². The largest absolute Gasteiger partial charge is 0.481 e. The van der Waals surface area contributed by atoms with E-state index in [-0.39, 0.29) is 30.2 Å². The minimum atomic E-state index is -0.899. The third-order valence-corrected chi connectivity index (χ3v) is 12.8. The van der Waals surface area contributed by atoms with Crippen LogP contribution in [0.1, 0.15) is 111 Å². The summed E-state index contributed by atoms with van der Waals surface area (Å²) < 4.78 is 0. The van der Waals surface area contributed by atoms with Gasteiger partial charge in [-0.05, 0) is 85.0 Å². The molecule has 2 amide bonds. The van der Waals surface area contributed by atoms with Gasteiger partial charge in [0.15, 0.2) is 5.82 Å². The molecule has 0 spiro atoms. The summed E-state index contributed by atoms with van der Waals surface area (Å²) in [7, 11) is 0.